The number of amides is 2. The van der Waals surface area contributed by atoms with Crippen molar-refractivity contribution in [1.29, 1.82) is 0 Å². The number of benzene rings is 2. The summed E-state index contributed by atoms with van der Waals surface area (Å²) in [6.07, 6.45) is 4.16. The molecule has 2 aromatic carbocycles. The fraction of sp³-hybridized carbons (Fsp3) is 0.382. The largest absolute Gasteiger partial charge is 0.444 e. The molecule has 2 amide bonds. The second-order valence-electron chi connectivity index (χ2n) is 12.8. The van der Waals surface area contributed by atoms with E-state index < -0.39 is 29.8 Å². The van der Waals surface area contributed by atoms with Crippen LogP contribution < -0.4 is 15.4 Å². The molecule has 1 aliphatic carbocycles. The third-order valence-corrected chi connectivity index (χ3v) is 7.92. The van der Waals surface area contributed by atoms with Crippen molar-refractivity contribution >= 4 is 34.4 Å². The number of piperidine rings is 1. The average Bonchev–Trinajstić information content (AvgIpc) is 3.66. The first kappa shape index (κ1) is 31.1. The minimum atomic E-state index is -2.96. The number of carbonyl (C=O) groups excluding carboxylic acids is 2. The van der Waals surface area contributed by atoms with Crippen LogP contribution in [0.2, 0.25) is 0 Å². The molecule has 12 heteroatoms. The van der Waals surface area contributed by atoms with E-state index in [-0.39, 0.29) is 12.1 Å². The fourth-order valence-electron chi connectivity index (χ4n) is 5.51. The Morgan fingerprint density at radius 3 is 2.59 bits per heavy atom. The molecule has 46 heavy (non-hydrogen) atoms. The van der Waals surface area contributed by atoms with E-state index in [1.165, 1.54) is 0 Å². The first-order valence-corrected chi connectivity index (χ1v) is 15.3. The summed E-state index contributed by atoms with van der Waals surface area (Å²) in [5.74, 6) is -3.74. The minimum Gasteiger partial charge on any atom is -0.444 e. The van der Waals surface area contributed by atoms with Gasteiger partial charge in [-0.2, -0.15) is 0 Å². The molecule has 2 aromatic heterocycles. The number of hydrogen-bond acceptors (Lipinski definition) is 8. The van der Waals surface area contributed by atoms with Crippen molar-refractivity contribution in [3.05, 3.63) is 66.5 Å². The standard InChI is InChI=1S/C34H36F2N6O4/c1-20-12-13-22-23(9-5-11-26(22)40-29(43)25-18-34(25,35)36)28(20)45-30-24(10-6-15-37-30)27-14-16-38-31(41-27)39-21-8-7-17-42(19-21)32(44)46-33(2,3)4/h5-6,9-16,21,25H,7-8,17-19H2,1-4H3,(H,40,43)(H,38,39,41)/t21-,25+/m0/s1. The van der Waals surface area contributed by atoms with Gasteiger partial charge in [0.25, 0.3) is 5.92 Å². The zero-order valence-corrected chi connectivity index (χ0v) is 26.1. The number of anilines is 2. The van der Waals surface area contributed by atoms with E-state index in [2.05, 4.69) is 20.6 Å². The van der Waals surface area contributed by atoms with Gasteiger partial charge in [-0.05, 0) is 70.4 Å². The van der Waals surface area contributed by atoms with Gasteiger partial charge < -0.3 is 25.0 Å². The Morgan fingerprint density at radius 1 is 1.02 bits per heavy atom. The Balaban J connectivity index is 1.23. The Kier molecular flexibility index (Phi) is 8.22. The highest BCUT2D eigenvalue weighted by molar-refractivity contribution is 6.06. The molecule has 1 aliphatic heterocycles. The van der Waals surface area contributed by atoms with Crippen LogP contribution in [-0.2, 0) is 9.53 Å². The number of nitrogens with one attached hydrogen (secondary N) is 2. The quantitative estimate of drug-likeness (QED) is 0.220. The molecule has 240 valence electrons. The minimum absolute atomic E-state index is 0.0553. The summed E-state index contributed by atoms with van der Waals surface area (Å²) >= 11 is 0. The number of hydrogen-bond donors (Lipinski definition) is 2. The van der Waals surface area contributed by atoms with E-state index in [0.29, 0.717) is 58.4 Å². The predicted molar refractivity (Wildman–Crippen MR) is 170 cm³/mol. The lowest BCUT2D eigenvalue weighted by molar-refractivity contribution is -0.119. The van der Waals surface area contributed by atoms with Gasteiger partial charge in [0.1, 0.15) is 17.3 Å². The van der Waals surface area contributed by atoms with Crippen LogP contribution >= 0.6 is 0 Å². The topological polar surface area (TPSA) is 119 Å². The number of aryl methyl sites for hydroxylation is 1. The van der Waals surface area contributed by atoms with Crippen LogP contribution in [0.5, 0.6) is 11.6 Å². The Morgan fingerprint density at radius 2 is 1.83 bits per heavy atom. The first-order valence-electron chi connectivity index (χ1n) is 15.3. The van der Waals surface area contributed by atoms with Crippen molar-refractivity contribution in [2.75, 3.05) is 23.7 Å². The zero-order valence-electron chi connectivity index (χ0n) is 26.1. The van der Waals surface area contributed by atoms with Crippen molar-refractivity contribution in [3.8, 4) is 22.9 Å². The monoisotopic (exact) mass is 630 g/mol. The van der Waals surface area contributed by atoms with E-state index in [1.54, 1.807) is 41.6 Å². The number of carbonyl (C=O) groups is 2. The molecule has 3 heterocycles. The third kappa shape index (κ3) is 6.85. The van der Waals surface area contributed by atoms with Gasteiger partial charge in [0.05, 0.1) is 11.3 Å². The molecule has 2 atom stereocenters. The highest BCUT2D eigenvalue weighted by Gasteiger charge is 2.61. The van der Waals surface area contributed by atoms with E-state index in [0.717, 1.165) is 18.4 Å². The lowest BCUT2D eigenvalue weighted by Crippen LogP contribution is -2.47. The molecule has 2 aliphatic rings. The molecule has 6 rings (SSSR count). The van der Waals surface area contributed by atoms with E-state index in [4.69, 9.17) is 14.5 Å². The van der Waals surface area contributed by atoms with Gasteiger partial charge in [-0.15, -0.1) is 0 Å². The number of likely N-dealkylation sites (tertiary alicyclic amines) is 1. The number of alkyl halides is 2. The maximum atomic E-state index is 13.5. The summed E-state index contributed by atoms with van der Waals surface area (Å²) in [6.45, 7) is 8.53. The zero-order chi connectivity index (χ0) is 32.6. The predicted octanol–water partition coefficient (Wildman–Crippen LogP) is 7.20. The van der Waals surface area contributed by atoms with Gasteiger partial charge in [0.2, 0.25) is 17.7 Å². The molecule has 0 unspecified atom stereocenters. The molecular weight excluding hydrogens is 594 g/mol. The van der Waals surface area contributed by atoms with Gasteiger partial charge in [0.15, 0.2) is 0 Å². The van der Waals surface area contributed by atoms with E-state index >= 15 is 0 Å². The summed E-state index contributed by atoms with van der Waals surface area (Å²) in [5, 5.41) is 7.37. The highest BCUT2D eigenvalue weighted by atomic mass is 19.3. The summed E-state index contributed by atoms with van der Waals surface area (Å²) in [6, 6.07) is 14.3. The number of fused-ring (bicyclic) bond motifs is 1. The van der Waals surface area contributed by atoms with Crippen LogP contribution in [0.1, 0.15) is 45.6 Å². The highest BCUT2D eigenvalue weighted by Crippen LogP contribution is 2.49. The lowest BCUT2D eigenvalue weighted by Gasteiger charge is -2.34. The van der Waals surface area contributed by atoms with Gasteiger partial charge in [-0.3, -0.25) is 4.79 Å². The molecule has 2 fully saturated rings. The molecule has 0 bridgehead atoms. The van der Waals surface area contributed by atoms with Gasteiger partial charge in [0, 0.05) is 54.4 Å². The SMILES string of the molecule is Cc1ccc2c(NC(=O)[C@H]3CC3(F)F)cccc2c1Oc1ncccc1-c1ccnc(N[C@H]2CCCN(C(=O)OC(C)(C)C)C2)n1. The summed E-state index contributed by atoms with van der Waals surface area (Å²) in [7, 11) is 0. The van der Waals surface area contributed by atoms with Crippen LogP contribution in [0.15, 0.2) is 60.9 Å². The second-order valence-corrected chi connectivity index (χ2v) is 12.8. The number of pyridine rings is 1. The second kappa shape index (κ2) is 12.1. The molecule has 10 nitrogen and oxygen atoms in total. The van der Waals surface area contributed by atoms with E-state index in [9.17, 15) is 18.4 Å². The van der Waals surface area contributed by atoms with Crippen LogP contribution in [0, 0.1) is 12.8 Å². The summed E-state index contributed by atoms with van der Waals surface area (Å²) in [4.78, 5) is 40.5. The van der Waals surface area contributed by atoms with Crippen LogP contribution in [-0.4, -0.2) is 62.5 Å². The van der Waals surface area contributed by atoms with Gasteiger partial charge in [-0.1, -0.05) is 24.3 Å². The normalized spacial score (nSPS) is 19.0. The number of nitrogens with zero attached hydrogens (tertiary/aromatic N) is 4. The van der Waals surface area contributed by atoms with Gasteiger partial charge in [-0.25, -0.2) is 28.5 Å². The number of ether oxygens (including phenoxy) is 2. The Bertz CT molecular complexity index is 1790. The molecule has 0 spiro atoms. The molecule has 1 saturated heterocycles. The number of rotatable bonds is 7. The smallest absolute Gasteiger partial charge is 0.410 e. The first-order chi connectivity index (χ1) is 21.9. The Labute approximate surface area is 265 Å². The Hall–Kier alpha value is -4.87. The van der Waals surface area contributed by atoms with Crippen molar-refractivity contribution in [2.45, 2.75) is 64.5 Å². The molecule has 1 saturated carbocycles. The number of aromatic nitrogens is 3. The fourth-order valence-corrected chi connectivity index (χ4v) is 5.51. The molecular formula is C34H36F2N6O4. The summed E-state index contributed by atoms with van der Waals surface area (Å²) < 4.78 is 39.0. The van der Waals surface area contributed by atoms with Crippen LogP contribution in [0.25, 0.3) is 22.0 Å². The van der Waals surface area contributed by atoms with E-state index in [1.807, 2.05) is 52.0 Å². The average molecular weight is 631 g/mol. The van der Waals surface area contributed by atoms with Crippen molar-refractivity contribution in [2.24, 2.45) is 5.92 Å². The lowest BCUT2D eigenvalue weighted by atomic mass is 10.0. The van der Waals surface area contributed by atoms with Gasteiger partial charge >= 0.3 is 6.09 Å². The molecule has 0 radical (unpaired) electrons. The summed E-state index contributed by atoms with van der Waals surface area (Å²) in [5.41, 5.74) is 1.88. The maximum absolute atomic E-state index is 13.5. The van der Waals surface area contributed by atoms with Crippen LogP contribution in [0.3, 0.4) is 0 Å². The molecule has 4 aromatic rings. The van der Waals surface area contributed by atoms with Crippen molar-refractivity contribution in [1.82, 2.24) is 19.9 Å². The van der Waals surface area contributed by atoms with Crippen molar-refractivity contribution in [3.63, 3.8) is 0 Å². The number of halogens is 2. The van der Waals surface area contributed by atoms with Crippen molar-refractivity contribution < 1.29 is 27.8 Å². The third-order valence-electron chi connectivity index (χ3n) is 7.92. The maximum Gasteiger partial charge on any atom is 0.410 e. The van der Waals surface area contributed by atoms with Crippen LogP contribution in [0.4, 0.5) is 25.2 Å². The molecule has 2 N–H and O–H groups in total.